The number of ketones is 1. The van der Waals surface area contributed by atoms with E-state index in [0.29, 0.717) is 0 Å². The maximum absolute atomic E-state index is 12.6. The van der Waals surface area contributed by atoms with Crippen molar-refractivity contribution in [3.8, 4) is 18.2 Å². The summed E-state index contributed by atoms with van der Waals surface area (Å²) in [6.07, 6.45) is 8.19. The van der Waals surface area contributed by atoms with Crippen molar-refractivity contribution in [2.75, 3.05) is 13.7 Å². The van der Waals surface area contributed by atoms with E-state index in [1.807, 2.05) is 31.2 Å². The van der Waals surface area contributed by atoms with Crippen LogP contribution in [0.25, 0.3) is 0 Å². The first-order valence-corrected chi connectivity index (χ1v) is 8.95. The molecule has 2 N–H and O–H groups in total. The molecule has 8 nitrogen and oxygen atoms in total. The lowest BCUT2D eigenvalue weighted by atomic mass is 9.86. The summed E-state index contributed by atoms with van der Waals surface area (Å²) in [6.45, 7) is 1.94. The molecule has 2 heterocycles. The van der Waals surface area contributed by atoms with E-state index in [4.69, 9.17) is 16.9 Å². The van der Waals surface area contributed by atoms with Gasteiger partial charge in [0.05, 0.1) is 24.4 Å². The summed E-state index contributed by atoms with van der Waals surface area (Å²) >= 11 is 0. The van der Waals surface area contributed by atoms with Crippen LogP contribution in [0.5, 0.6) is 5.88 Å². The Kier molecular flexibility index (Phi) is 5.59. The van der Waals surface area contributed by atoms with Crippen LogP contribution in [0.2, 0.25) is 0 Å². The number of nitrogens with zero attached hydrogens (tertiary/aromatic N) is 4. The second-order valence-electron chi connectivity index (χ2n) is 6.91. The maximum Gasteiger partial charge on any atom is 0.233 e. The van der Waals surface area contributed by atoms with Crippen LogP contribution in [0.15, 0.2) is 41.7 Å². The van der Waals surface area contributed by atoms with Crippen molar-refractivity contribution in [2.24, 2.45) is 10.7 Å². The molecule has 1 aromatic heterocycles. The van der Waals surface area contributed by atoms with Gasteiger partial charge in [-0.05, 0) is 18.1 Å². The Labute approximate surface area is 168 Å². The van der Waals surface area contributed by atoms with E-state index in [-0.39, 0.29) is 48.7 Å². The highest BCUT2D eigenvalue weighted by Gasteiger charge is 2.36. The van der Waals surface area contributed by atoms with Gasteiger partial charge in [0, 0.05) is 13.5 Å². The molecule has 0 saturated heterocycles. The molecule has 8 heteroatoms. The normalized spacial score (nSPS) is 18.7. The van der Waals surface area contributed by atoms with Crippen molar-refractivity contribution < 1.29 is 14.3 Å². The molecule has 1 atom stereocenters. The number of aromatic nitrogens is 2. The van der Waals surface area contributed by atoms with Crippen molar-refractivity contribution in [3.05, 3.63) is 53.5 Å². The van der Waals surface area contributed by atoms with Gasteiger partial charge in [-0.2, -0.15) is 0 Å². The molecule has 0 radical (unpaired) electrons. The van der Waals surface area contributed by atoms with Crippen LogP contribution in [-0.2, 0) is 16.8 Å². The number of hydrogen-bond donors (Lipinski definition) is 1. The molecule has 1 amide bonds. The van der Waals surface area contributed by atoms with Crippen LogP contribution in [0.3, 0.4) is 0 Å². The van der Waals surface area contributed by atoms with Crippen LogP contribution in [0, 0.1) is 12.3 Å². The zero-order chi connectivity index (χ0) is 21.0. The molecule has 0 saturated carbocycles. The third kappa shape index (κ3) is 4.41. The summed E-state index contributed by atoms with van der Waals surface area (Å²) < 4.78 is 5.15. The quantitative estimate of drug-likeness (QED) is 0.587. The van der Waals surface area contributed by atoms with Gasteiger partial charge in [0.25, 0.3) is 0 Å². The van der Waals surface area contributed by atoms with Gasteiger partial charge in [-0.25, -0.2) is 15.0 Å². The molecule has 1 unspecified atom stereocenters. The van der Waals surface area contributed by atoms with Crippen LogP contribution in [0.1, 0.15) is 35.0 Å². The van der Waals surface area contributed by atoms with Gasteiger partial charge in [-0.3, -0.25) is 14.5 Å². The average molecular weight is 391 g/mol. The lowest BCUT2D eigenvalue weighted by Gasteiger charge is -2.33. The lowest BCUT2D eigenvalue weighted by molar-refractivity contribution is -0.128. The van der Waals surface area contributed by atoms with Crippen LogP contribution >= 0.6 is 0 Å². The Morgan fingerprint density at radius 2 is 2.17 bits per heavy atom. The number of carbonyl (C=O) groups is 2. The molecule has 0 bridgehead atoms. The summed E-state index contributed by atoms with van der Waals surface area (Å²) in [5, 5.41) is 0. The van der Waals surface area contributed by atoms with Gasteiger partial charge in [0.15, 0.2) is 18.3 Å². The number of benzene rings is 1. The molecule has 1 aliphatic heterocycles. The van der Waals surface area contributed by atoms with Crippen molar-refractivity contribution in [2.45, 2.75) is 25.3 Å². The van der Waals surface area contributed by atoms with E-state index < -0.39 is 5.54 Å². The molecular formula is C21H21N5O3. The number of aliphatic imine (C=N–C) groups is 1. The molecule has 1 aromatic carbocycles. The molecule has 29 heavy (non-hydrogen) atoms. The van der Waals surface area contributed by atoms with Crippen molar-refractivity contribution in [3.63, 3.8) is 0 Å². The SMILES string of the molecule is C#CCOc1cnc(C(=O)Cc2cccc(C3(C)CC(=O)N(C)C(N)=N3)c2)cn1. The largest absolute Gasteiger partial charge is 0.463 e. The minimum absolute atomic E-state index is 0.0822. The summed E-state index contributed by atoms with van der Waals surface area (Å²) in [6, 6.07) is 7.42. The van der Waals surface area contributed by atoms with Crippen LogP contribution < -0.4 is 10.5 Å². The third-order valence-corrected chi connectivity index (χ3v) is 4.71. The smallest absolute Gasteiger partial charge is 0.233 e. The lowest BCUT2D eigenvalue weighted by Crippen LogP contribution is -2.47. The molecule has 3 rings (SSSR count). The summed E-state index contributed by atoms with van der Waals surface area (Å²) in [5.41, 5.74) is 6.93. The number of carbonyl (C=O) groups excluding carboxylic acids is 2. The van der Waals surface area contributed by atoms with E-state index >= 15 is 0 Å². The minimum Gasteiger partial charge on any atom is -0.463 e. The predicted molar refractivity (Wildman–Crippen MR) is 107 cm³/mol. The van der Waals surface area contributed by atoms with Gasteiger partial charge in [0.2, 0.25) is 11.8 Å². The van der Waals surface area contributed by atoms with Crippen molar-refractivity contribution in [1.29, 1.82) is 0 Å². The third-order valence-electron chi connectivity index (χ3n) is 4.71. The van der Waals surface area contributed by atoms with Crippen molar-refractivity contribution >= 4 is 17.6 Å². The number of hydrogen-bond acceptors (Lipinski definition) is 7. The second kappa shape index (κ2) is 8.10. The first-order valence-electron chi connectivity index (χ1n) is 8.95. The van der Waals surface area contributed by atoms with Gasteiger partial charge in [0.1, 0.15) is 5.69 Å². The molecule has 0 aliphatic carbocycles. The highest BCUT2D eigenvalue weighted by molar-refractivity contribution is 5.99. The van der Waals surface area contributed by atoms with Crippen LogP contribution in [-0.4, -0.2) is 46.2 Å². The highest BCUT2D eigenvalue weighted by Crippen LogP contribution is 2.33. The Morgan fingerprint density at radius 3 is 2.83 bits per heavy atom. The van der Waals surface area contributed by atoms with E-state index in [0.717, 1.165) is 11.1 Å². The van der Waals surface area contributed by atoms with Gasteiger partial charge in [-0.15, -0.1) is 6.42 Å². The zero-order valence-electron chi connectivity index (χ0n) is 16.3. The summed E-state index contributed by atoms with van der Waals surface area (Å²) in [7, 11) is 1.60. The number of rotatable bonds is 6. The average Bonchev–Trinajstić information content (AvgIpc) is 2.71. The molecule has 0 spiro atoms. The fourth-order valence-electron chi connectivity index (χ4n) is 3.02. The Morgan fingerprint density at radius 1 is 1.38 bits per heavy atom. The zero-order valence-corrected chi connectivity index (χ0v) is 16.3. The van der Waals surface area contributed by atoms with E-state index in [1.165, 1.54) is 17.3 Å². The first-order chi connectivity index (χ1) is 13.8. The molecule has 2 aromatic rings. The van der Waals surface area contributed by atoms with Gasteiger partial charge in [-0.1, -0.05) is 30.2 Å². The van der Waals surface area contributed by atoms with Crippen molar-refractivity contribution in [1.82, 2.24) is 14.9 Å². The first kappa shape index (κ1) is 20.0. The minimum atomic E-state index is -0.775. The fourth-order valence-corrected chi connectivity index (χ4v) is 3.02. The molecule has 1 aliphatic rings. The number of Topliss-reactive ketones (excluding diaryl/α,β-unsaturated/α-hetero) is 1. The number of ether oxygens (including phenoxy) is 1. The summed E-state index contributed by atoms with van der Waals surface area (Å²) in [4.78, 5) is 38.7. The van der Waals surface area contributed by atoms with E-state index in [1.54, 1.807) is 7.05 Å². The monoisotopic (exact) mass is 391 g/mol. The number of guanidine groups is 1. The van der Waals surface area contributed by atoms with Gasteiger partial charge < -0.3 is 10.5 Å². The molecule has 148 valence electrons. The molecular weight excluding hydrogens is 370 g/mol. The topological polar surface area (TPSA) is 111 Å². The number of amides is 1. The van der Waals surface area contributed by atoms with Crippen LogP contribution in [0.4, 0.5) is 0 Å². The second-order valence-corrected chi connectivity index (χ2v) is 6.91. The van der Waals surface area contributed by atoms with Gasteiger partial charge >= 0.3 is 0 Å². The van der Waals surface area contributed by atoms with E-state index in [2.05, 4.69) is 20.9 Å². The number of nitrogens with two attached hydrogens (primary N) is 1. The number of terminal acetylenes is 1. The maximum atomic E-state index is 12.6. The fraction of sp³-hybridized carbons (Fsp3) is 0.286. The Bertz CT molecular complexity index is 1010. The summed E-state index contributed by atoms with van der Waals surface area (Å²) in [5.74, 6) is 2.47. The Balaban J connectivity index is 1.77. The standard InChI is InChI=1S/C21H21N5O3/c1-4-8-29-18-13-23-16(12-24-18)17(27)10-14-6-5-7-15(9-14)21(2)11-19(28)26(3)20(22)25-21/h1,5-7,9,12-13H,8,10-11H2,2-3H3,(H2,22,25). The molecule has 0 fully saturated rings. The Hall–Kier alpha value is -3.73. The predicted octanol–water partition coefficient (Wildman–Crippen LogP) is 1.31. The van der Waals surface area contributed by atoms with E-state index in [9.17, 15) is 9.59 Å². The highest BCUT2D eigenvalue weighted by atomic mass is 16.5.